The van der Waals surface area contributed by atoms with E-state index in [0.717, 1.165) is 26.3 Å². The largest absolute Gasteiger partial charge is 0.495 e. The van der Waals surface area contributed by atoms with Gasteiger partial charge >= 0.3 is 6.03 Å². The van der Waals surface area contributed by atoms with Gasteiger partial charge in [0, 0.05) is 23.5 Å². The van der Waals surface area contributed by atoms with Gasteiger partial charge in [0.15, 0.2) is 0 Å². The van der Waals surface area contributed by atoms with E-state index >= 15 is 0 Å². The number of amides is 3. The lowest BCUT2D eigenvalue weighted by Gasteiger charge is -2.33. The summed E-state index contributed by atoms with van der Waals surface area (Å²) in [5, 5.41) is 7.96. The lowest BCUT2D eigenvalue weighted by molar-refractivity contribution is -0.118. The van der Waals surface area contributed by atoms with Crippen LogP contribution in [-0.2, 0) is 11.8 Å². The van der Waals surface area contributed by atoms with Crippen molar-refractivity contribution in [2.75, 3.05) is 12.0 Å². The molecule has 158 valence electrons. The van der Waals surface area contributed by atoms with E-state index in [4.69, 9.17) is 16.3 Å². The minimum Gasteiger partial charge on any atom is -0.495 e. The summed E-state index contributed by atoms with van der Waals surface area (Å²) in [6.07, 6.45) is 6.74. The normalized spacial score (nSPS) is 20.6. The van der Waals surface area contributed by atoms with Gasteiger partial charge in [-0.05, 0) is 36.3 Å². The van der Waals surface area contributed by atoms with Crippen molar-refractivity contribution in [2.45, 2.75) is 18.2 Å². The quantitative estimate of drug-likeness (QED) is 0.650. The molecule has 4 heterocycles. The summed E-state index contributed by atoms with van der Waals surface area (Å²) in [6, 6.07) is 2.81. The second kappa shape index (κ2) is 7.28. The summed E-state index contributed by atoms with van der Waals surface area (Å²) in [5.74, 6) is 0.267. The zero-order valence-electron chi connectivity index (χ0n) is 16.9. The molecule has 3 aromatic rings. The number of nitrogens with one attached hydrogen (secondary N) is 1. The molecule has 0 saturated carbocycles. The number of hydrogen-bond donors (Lipinski definition) is 1. The summed E-state index contributed by atoms with van der Waals surface area (Å²) in [4.78, 5) is 32.6. The Hall–Kier alpha value is -3.04. The highest BCUT2D eigenvalue weighted by Crippen LogP contribution is 2.45. The first-order chi connectivity index (χ1) is 14.9. The SMILES string of the molecule is COc1cc(C2=CC3NC(=O)N(c4cncc5cnn(C)c45)C(=O)C3S2)c(C)cc1Cl. The number of imide groups is 1. The van der Waals surface area contributed by atoms with Crippen LogP contribution < -0.4 is 15.0 Å². The predicted molar refractivity (Wildman–Crippen MR) is 120 cm³/mol. The van der Waals surface area contributed by atoms with Gasteiger partial charge in [-0.2, -0.15) is 5.10 Å². The molecule has 2 atom stereocenters. The number of fused-ring (bicyclic) bond motifs is 2. The van der Waals surface area contributed by atoms with Gasteiger partial charge in [-0.1, -0.05) is 11.6 Å². The summed E-state index contributed by atoms with van der Waals surface area (Å²) >= 11 is 7.65. The number of urea groups is 1. The molecule has 5 rings (SSSR count). The molecule has 0 bridgehead atoms. The van der Waals surface area contributed by atoms with Crippen LogP contribution >= 0.6 is 23.4 Å². The number of benzene rings is 1. The van der Waals surface area contributed by atoms with Crippen molar-refractivity contribution in [3.05, 3.63) is 52.9 Å². The molecule has 2 aliphatic rings. The zero-order chi connectivity index (χ0) is 21.9. The number of aryl methyl sites for hydroxylation is 2. The Morgan fingerprint density at radius 3 is 2.81 bits per heavy atom. The topological polar surface area (TPSA) is 89.3 Å². The van der Waals surface area contributed by atoms with E-state index < -0.39 is 17.3 Å². The van der Waals surface area contributed by atoms with Gasteiger partial charge in [0.25, 0.3) is 5.91 Å². The Morgan fingerprint density at radius 1 is 1.23 bits per heavy atom. The molecule has 2 unspecified atom stereocenters. The second-order valence-corrected chi connectivity index (χ2v) is 8.98. The van der Waals surface area contributed by atoms with E-state index in [1.807, 2.05) is 25.1 Å². The average Bonchev–Trinajstić information content (AvgIpc) is 3.32. The Labute approximate surface area is 187 Å². The number of rotatable bonds is 3. The number of carbonyl (C=O) groups is 2. The molecule has 0 spiro atoms. The number of thioether (sulfide) groups is 1. The molecule has 1 aromatic carbocycles. The summed E-state index contributed by atoms with van der Waals surface area (Å²) in [6.45, 7) is 1.95. The number of anilines is 1. The third-order valence-corrected chi connectivity index (χ3v) is 7.15. The summed E-state index contributed by atoms with van der Waals surface area (Å²) < 4.78 is 6.98. The van der Waals surface area contributed by atoms with Gasteiger partial charge < -0.3 is 10.1 Å². The van der Waals surface area contributed by atoms with Crippen molar-refractivity contribution in [1.29, 1.82) is 0 Å². The van der Waals surface area contributed by atoms with Crippen LogP contribution in [0.3, 0.4) is 0 Å². The first kappa shape index (κ1) is 19.9. The Bertz CT molecular complexity index is 1290. The van der Waals surface area contributed by atoms with Crippen LogP contribution in [-0.4, -0.2) is 45.1 Å². The first-order valence-corrected chi connectivity index (χ1v) is 10.8. The van der Waals surface area contributed by atoms with E-state index in [9.17, 15) is 9.59 Å². The Morgan fingerprint density at radius 2 is 2.03 bits per heavy atom. The van der Waals surface area contributed by atoms with Gasteiger partial charge in [-0.3, -0.25) is 14.5 Å². The number of hydrogen-bond acceptors (Lipinski definition) is 6. The van der Waals surface area contributed by atoms with Gasteiger partial charge in [0.05, 0.1) is 41.8 Å². The minimum absolute atomic E-state index is 0.293. The highest BCUT2D eigenvalue weighted by molar-refractivity contribution is 8.09. The Kier molecular flexibility index (Phi) is 4.67. The number of methoxy groups -OCH3 is 1. The molecule has 1 N–H and O–H groups in total. The molecular weight excluding hydrogens is 438 g/mol. The van der Waals surface area contributed by atoms with Crippen LogP contribution in [0, 0.1) is 6.92 Å². The fourth-order valence-electron chi connectivity index (χ4n) is 3.99. The average molecular weight is 456 g/mol. The summed E-state index contributed by atoms with van der Waals surface area (Å²) in [5.41, 5.74) is 2.97. The van der Waals surface area contributed by atoms with Gasteiger partial charge in [-0.25, -0.2) is 9.69 Å². The molecule has 0 radical (unpaired) electrons. The molecule has 3 amide bonds. The minimum atomic E-state index is -0.489. The van der Waals surface area contributed by atoms with E-state index in [1.165, 1.54) is 18.0 Å². The van der Waals surface area contributed by atoms with Crippen LogP contribution in [0.2, 0.25) is 5.02 Å². The molecule has 31 heavy (non-hydrogen) atoms. The lowest BCUT2D eigenvalue weighted by atomic mass is 10.0. The number of carbonyl (C=O) groups excluding carboxylic acids is 2. The second-order valence-electron chi connectivity index (χ2n) is 7.38. The standard InChI is InChI=1S/C21H18ClN5O3S/c1-10-4-13(22)16(30-3)5-12(10)17-6-14-19(31-17)20(28)27(21(29)25-14)15-9-23-7-11-8-24-26(2)18(11)15/h4-9,14,19H,1-3H3,(H,25,29). The van der Waals surface area contributed by atoms with Gasteiger partial charge in [0.1, 0.15) is 11.0 Å². The van der Waals surface area contributed by atoms with E-state index in [2.05, 4.69) is 15.4 Å². The van der Waals surface area contributed by atoms with E-state index in [0.29, 0.717) is 22.0 Å². The number of nitrogens with zero attached hydrogens (tertiary/aromatic N) is 4. The lowest BCUT2D eigenvalue weighted by Crippen LogP contribution is -2.60. The van der Waals surface area contributed by atoms with Crippen LogP contribution in [0.15, 0.2) is 36.8 Å². The number of aromatic nitrogens is 3. The third-order valence-electron chi connectivity index (χ3n) is 5.49. The molecule has 2 aliphatic heterocycles. The Balaban J connectivity index is 1.51. The van der Waals surface area contributed by atoms with Crippen LogP contribution in [0.5, 0.6) is 5.75 Å². The van der Waals surface area contributed by atoms with Crippen LogP contribution in [0.25, 0.3) is 15.8 Å². The van der Waals surface area contributed by atoms with Crippen LogP contribution in [0.4, 0.5) is 10.5 Å². The molecular formula is C21H18ClN5O3S. The molecule has 2 aromatic heterocycles. The maximum atomic E-state index is 13.4. The molecule has 10 heteroatoms. The maximum Gasteiger partial charge on any atom is 0.329 e. The van der Waals surface area contributed by atoms with Crippen molar-refractivity contribution in [2.24, 2.45) is 7.05 Å². The molecule has 1 fully saturated rings. The number of halogens is 1. The fraction of sp³-hybridized carbons (Fsp3) is 0.238. The van der Waals surface area contributed by atoms with Crippen LogP contribution in [0.1, 0.15) is 11.1 Å². The molecule has 0 aliphatic carbocycles. The van der Waals surface area contributed by atoms with E-state index in [-0.39, 0.29) is 5.91 Å². The smallest absolute Gasteiger partial charge is 0.329 e. The molecule has 1 saturated heterocycles. The van der Waals surface area contributed by atoms with Crippen molar-refractivity contribution in [3.63, 3.8) is 0 Å². The van der Waals surface area contributed by atoms with Crippen molar-refractivity contribution in [1.82, 2.24) is 20.1 Å². The van der Waals surface area contributed by atoms with Gasteiger partial charge in [-0.15, -0.1) is 11.8 Å². The third kappa shape index (κ3) is 3.07. The first-order valence-electron chi connectivity index (χ1n) is 9.52. The maximum absolute atomic E-state index is 13.4. The predicted octanol–water partition coefficient (Wildman–Crippen LogP) is 3.52. The summed E-state index contributed by atoms with van der Waals surface area (Å²) in [7, 11) is 3.33. The van der Waals surface area contributed by atoms with Crippen molar-refractivity contribution in [3.8, 4) is 5.75 Å². The van der Waals surface area contributed by atoms with Gasteiger partial charge in [0.2, 0.25) is 0 Å². The fourth-order valence-corrected chi connectivity index (χ4v) is 5.63. The zero-order valence-corrected chi connectivity index (χ0v) is 18.5. The molecule has 8 nitrogen and oxygen atoms in total. The van der Waals surface area contributed by atoms with Crippen molar-refractivity contribution < 1.29 is 14.3 Å². The highest BCUT2D eigenvalue weighted by atomic mass is 35.5. The highest BCUT2D eigenvalue weighted by Gasteiger charge is 2.46. The van der Waals surface area contributed by atoms with Crippen molar-refractivity contribution >= 4 is 56.8 Å². The number of pyridine rings is 1. The monoisotopic (exact) mass is 455 g/mol. The number of ether oxygens (including phenoxy) is 1. The van der Waals surface area contributed by atoms with E-state index in [1.54, 1.807) is 31.2 Å².